The van der Waals surface area contributed by atoms with Crippen molar-refractivity contribution in [1.29, 1.82) is 0 Å². The number of carbonyl (C=O) groups is 4. The number of hydrogen-bond donors (Lipinski definition) is 2. The largest absolute Gasteiger partial charge is 0.543 e. The van der Waals surface area contributed by atoms with Crippen molar-refractivity contribution < 1.29 is 33.1 Å². The van der Waals surface area contributed by atoms with Gasteiger partial charge in [-0.3, -0.25) is 24.2 Å². The minimum Gasteiger partial charge on any atom is -0.543 e. The standard InChI is InChI=1S/C44H65N3O7Si/c1-12-14-21-36(52-9)28-35(48)29-38(30(3)4)41(49)45-40(27-33-19-16-22-37(26-33)54-55(10,11)44(6,7)8)42(50)47-24-17-23-39(46-47)43(51)53-31(5)34-20-15-18-32(13-2)25-34/h12-13,15-16,18-20,22,25-26,30-31,36,38-40,46H,1-2,14,17,21,23-24,27-29H2,3-11H3,(H,45,49)/t31-,36-,38+,39+,40+/m1/s1. The van der Waals surface area contributed by atoms with Gasteiger partial charge in [0.15, 0.2) is 0 Å². The Balaban J connectivity index is 1.85. The van der Waals surface area contributed by atoms with Crippen molar-refractivity contribution in [2.45, 2.75) is 129 Å². The van der Waals surface area contributed by atoms with E-state index >= 15 is 0 Å². The van der Waals surface area contributed by atoms with Crippen LogP contribution in [0.15, 0.2) is 67.8 Å². The second kappa shape index (κ2) is 20.7. The molecule has 0 bridgehead atoms. The van der Waals surface area contributed by atoms with Crippen LogP contribution in [-0.2, 0) is 35.1 Å². The van der Waals surface area contributed by atoms with E-state index in [1.807, 2.05) is 69.3 Å². The zero-order valence-corrected chi connectivity index (χ0v) is 35.6. The van der Waals surface area contributed by atoms with Crippen LogP contribution in [0.4, 0.5) is 0 Å². The Morgan fingerprint density at radius 1 is 1.04 bits per heavy atom. The van der Waals surface area contributed by atoms with Gasteiger partial charge in [0.2, 0.25) is 14.2 Å². The Kier molecular flexibility index (Phi) is 17.1. The van der Waals surface area contributed by atoms with E-state index in [4.69, 9.17) is 13.9 Å². The van der Waals surface area contributed by atoms with E-state index in [9.17, 15) is 19.2 Å². The van der Waals surface area contributed by atoms with Crippen LogP contribution in [0.2, 0.25) is 18.1 Å². The quantitative estimate of drug-likeness (QED) is 0.0786. The molecule has 2 amide bonds. The van der Waals surface area contributed by atoms with Crippen LogP contribution < -0.4 is 15.2 Å². The number of benzene rings is 2. The number of amides is 2. The van der Waals surface area contributed by atoms with Crippen LogP contribution in [0.5, 0.6) is 5.75 Å². The zero-order chi connectivity index (χ0) is 40.9. The molecule has 1 aliphatic heterocycles. The molecule has 5 atom stereocenters. The summed E-state index contributed by atoms with van der Waals surface area (Å²) in [5.74, 6) is -1.42. The third kappa shape index (κ3) is 13.6. The van der Waals surface area contributed by atoms with Gasteiger partial charge < -0.3 is 19.2 Å². The van der Waals surface area contributed by atoms with Crippen LogP contribution in [0.25, 0.3) is 6.08 Å². The first-order valence-corrected chi connectivity index (χ1v) is 22.5. The Hall–Kier alpha value is -4.06. The SMILES string of the molecule is C=CCC[C@H](CC(=O)C[C@H](C(=O)N[C@@H](Cc1cccc(O[Si](C)(C)C(C)(C)C)c1)C(=O)N1CCC[C@@H](C(=O)O[C@H](C)c2cccc(C=C)c2)N1)C(C)C)OC. The van der Waals surface area contributed by atoms with E-state index in [2.05, 4.69) is 57.8 Å². The Morgan fingerprint density at radius 2 is 1.75 bits per heavy atom. The molecular weight excluding hydrogens is 711 g/mol. The molecule has 0 spiro atoms. The highest BCUT2D eigenvalue weighted by Gasteiger charge is 2.39. The molecule has 2 N–H and O–H groups in total. The summed E-state index contributed by atoms with van der Waals surface area (Å²) >= 11 is 0. The predicted octanol–water partition coefficient (Wildman–Crippen LogP) is 8.14. The van der Waals surface area contributed by atoms with Crippen molar-refractivity contribution in [3.63, 3.8) is 0 Å². The summed E-state index contributed by atoms with van der Waals surface area (Å²) in [6, 6.07) is 13.5. The van der Waals surface area contributed by atoms with Crippen molar-refractivity contribution in [2.24, 2.45) is 11.8 Å². The van der Waals surface area contributed by atoms with Gasteiger partial charge in [-0.25, -0.2) is 5.43 Å². The molecule has 0 aliphatic carbocycles. The van der Waals surface area contributed by atoms with Crippen LogP contribution in [0.3, 0.4) is 0 Å². The molecule has 10 nitrogen and oxygen atoms in total. The third-order valence-corrected chi connectivity index (χ3v) is 15.2. The average Bonchev–Trinajstić information content (AvgIpc) is 3.14. The molecule has 1 heterocycles. The number of rotatable bonds is 20. The van der Waals surface area contributed by atoms with Crippen molar-refractivity contribution >= 4 is 38.0 Å². The number of esters is 1. The molecule has 2 aromatic rings. The van der Waals surface area contributed by atoms with Gasteiger partial charge in [0.05, 0.1) is 6.10 Å². The molecule has 1 saturated heterocycles. The fourth-order valence-electron chi connectivity index (χ4n) is 6.29. The lowest BCUT2D eigenvalue weighted by atomic mass is 9.87. The topological polar surface area (TPSA) is 123 Å². The number of allylic oxidation sites excluding steroid dienone is 1. The monoisotopic (exact) mass is 775 g/mol. The van der Waals surface area contributed by atoms with E-state index in [0.717, 1.165) is 23.1 Å². The first-order chi connectivity index (χ1) is 25.9. The zero-order valence-electron chi connectivity index (χ0n) is 34.6. The summed E-state index contributed by atoms with van der Waals surface area (Å²) in [6.07, 6.45) is 5.58. The van der Waals surface area contributed by atoms with Crippen molar-refractivity contribution in [2.75, 3.05) is 13.7 Å². The second-order valence-corrected chi connectivity index (χ2v) is 21.3. The van der Waals surface area contributed by atoms with Crippen molar-refractivity contribution in [1.82, 2.24) is 15.8 Å². The van der Waals surface area contributed by atoms with Gasteiger partial charge in [0.25, 0.3) is 5.91 Å². The first kappa shape index (κ1) is 45.3. The van der Waals surface area contributed by atoms with Gasteiger partial charge >= 0.3 is 5.97 Å². The van der Waals surface area contributed by atoms with Gasteiger partial charge in [0.1, 0.15) is 29.7 Å². The maximum atomic E-state index is 14.4. The fourth-order valence-corrected chi connectivity index (χ4v) is 7.31. The number of hydrogen-bond acceptors (Lipinski definition) is 8. The normalized spacial score (nSPS) is 17.1. The molecule has 0 radical (unpaired) electrons. The summed E-state index contributed by atoms with van der Waals surface area (Å²) < 4.78 is 18.0. The summed E-state index contributed by atoms with van der Waals surface area (Å²) in [5.41, 5.74) is 5.67. The van der Waals surface area contributed by atoms with Gasteiger partial charge in [-0.15, -0.1) is 6.58 Å². The van der Waals surface area contributed by atoms with Crippen molar-refractivity contribution in [3.8, 4) is 5.75 Å². The smallest absolute Gasteiger partial charge is 0.325 e. The first-order valence-electron chi connectivity index (χ1n) is 19.6. The average molecular weight is 776 g/mol. The summed E-state index contributed by atoms with van der Waals surface area (Å²) in [4.78, 5) is 55.2. The number of Topliss-reactive ketones (excluding diaryl/α,β-unsaturated/α-hetero) is 1. The number of methoxy groups -OCH3 is 1. The van der Waals surface area contributed by atoms with Crippen LogP contribution in [-0.4, -0.2) is 68.7 Å². The van der Waals surface area contributed by atoms with E-state index in [1.54, 1.807) is 19.3 Å². The van der Waals surface area contributed by atoms with Gasteiger partial charge in [-0.05, 0) is 91.5 Å². The summed E-state index contributed by atoms with van der Waals surface area (Å²) in [5, 5.41) is 4.44. The number of ketones is 1. The molecule has 0 saturated carbocycles. The second-order valence-electron chi connectivity index (χ2n) is 16.6. The number of carbonyl (C=O) groups excluding carboxylic acids is 4. The van der Waals surface area contributed by atoms with Crippen LogP contribution in [0, 0.1) is 11.8 Å². The lowest BCUT2D eigenvalue weighted by Crippen LogP contribution is -2.60. The third-order valence-electron chi connectivity index (χ3n) is 10.8. The molecule has 2 aromatic carbocycles. The molecule has 1 fully saturated rings. The lowest BCUT2D eigenvalue weighted by Gasteiger charge is -2.37. The number of nitrogens with zero attached hydrogens (tertiary/aromatic N) is 1. The van der Waals surface area contributed by atoms with E-state index in [-0.39, 0.29) is 53.9 Å². The maximum absolute atomic E-state index is 14.4. The van der Waals surface area contributed by atoms with Crippen molar-refractivity contribution in [3.05, 3.63) is 84.5 Å². The number of ether oxygens (including phenoxy) is 2. The highest BCUT2D eigenvalue weighted by Crippen LogP contribution is 2.37. The van der Waals surface area contributed by atoms with E-state index < -0.39 is 38.4 Å². The molecule has 11 heteroatoms. The van der Waals surface area contributed by atoms with E-state index in [1.165, 1.54) is 5.01 Å². The molecule has 0 aromatic heterocycles. The number of nitrogens with one attached hydrogen (secondary N) is 2. The van der Waals surface area contributed by atoms with E-state index in [0.29, 0.717) is 31.6 Å². The lowest BCUT2D eigenvalue weighted by molar-refractivity contribution is -0.157. The molecule has 1 aliphatic rings. The maximum Gasteiger partial charge on any atom is 0.325 e. The molecular formula is C44H65N3O7Si. The van der Waals surface area contributed by atoms with Crippen LogP contribution >= 0.6 is 0 Å². The number of hydrazine groups is 1. The molecule has 302 valence electrons. The molecule has 3 rings (SSSR count). The summed E-state index contributed by atoms with van der Waals surface area (Å²) in [7, 11) is -0.574. The minimum absolute atomic E-state index is 0.0151. The van der Waals surface area contributed by atoms with Gasteiger partial charge in [-0.1, -0.05) is 83.7 Å². The molecule has 55 heavy (non-hydrogen) atoms. The fraction of sp³-hybridized carbons (Fsp3) is 0.545. The highest BCUT2D eigenvalue weighted by molar-refractivity contribution is 6.74. The van der Waals surface area contributed by atoms with Crippen LogP contribution in [0.1, 0.15) is 103 Å². The Labute approximate surface area is 330 Å². The molecule has 0 unspecified atom stereocenters. The van der Waals surface area contributed by atoms with Gasteiger partial charge in [0, 0.05) is 38.8 Å². The minimum atomic E-state index is -2.15. The van der Waals surface area contributed by atoms with Gasteiger partial charge in [-0.2, -0.15) is 0 Å². The Bertz CT molecular complexity index is 1630. The Morgan fingerprint density at radius 3 is 2.38 bits per heavy atom. The summed E-state index contributed by atoms with van der Waals surface area (Å²) in [6.45, 7) is 24.4. The highest BCUT2D eigenvalue weighted by atomic mass is 28.4. The predicted molar refractivity (Wildman–Crippen MR) is 222 cm³/mol.